The highest BCUT2D eigenvalue weighted by molar-refractivity contribution is 5.95. The molecule has 2 aromatic carbocycles. The number of aromatic carboxylic acids is 1. The van der Waals surface area contributed by atoms with Crippen LogP contribution >= 0.6 is 0 Å². The molecular weight excluding hydrogens is 515 g/mol. The highest BCUT2D eigenvalue weighted by atomic mass is 19.1. The van der Waals surface area contributed by atoms with Crippen LogP contribution in [-0.2, 0) is 11.3 Å². The number of H-pyrrole nitrogens is 1. The van der Waals surface area contributed by atoms with Gasteiger partial charge in [-0.2, -0.15) is 0 Å². The minimum atomic E-state index is -1.62. The number of halogens is 3. The number of anilines is 1. The van der Waals surface area contributed by atoms with E-state index in [0.29, 0.717) is 31.7 Å². The molecule has 1 amide bonds. The maximum absolute atomic E-state index is 15.1. The second-order valence-corrected chi connectivity index (χ2v) is 9.29. The number of aromatic amines is 1. The van der Waals surface area contributed by atoms with Crippen LogP contribution in [0.25, 0.3) is 22.3 Å². The van der Waals surface area contributed by atoms with E-state index in [0.717, 1.165) is 11.6 Å². The Morgan fingerprint density at radius 2 is 1.85 bits per heavy atom. The van der Waals surface area contributed by atoms with Crippen molar-refractivity contribution in [3.63, 3.8) is 0 Å². The topological polar surface area (TPSA) is 129 Å². The zero-order chi connectivity index (χ0) is 27.5. The van der Waals surface area contributed by atoms with E-state index in [9.17, 15) is 23.5 Å². The van der Waals surface area contributed by atoms with Crippen LogP contribution in [-0.4, -0.2) is 44.2 Å². The highest BCUT2D eigenvalue weighted by Crippen LogP contribution is 2.31. The van der Waals surface area contributed by atoms with Crippen molar-refractivity contribution in [2.24, 2.45) is 0 Å². The number of rotatable bonds is 7. The molecule has 9 nitrogen and oxygen atoms in total. The molecule has 4 aromatic rings. The number of hydrogen-bond donors (Lipinski definition) is 4. The van der Waals surface area contributed by atoms with Crippen molar-refractivity contribution in [3.05, 3.63) is 77.4 Å². The number of benzene rings is 2. The first-order valence-electron chi connectivity index (χ1n) is 12.3. The minimum absolute atomic E-state index is 0.0222. The van der Waals surface area contributed by atoms with Crippen LogP contribution in [0.5, 0.6) is 0 Å². The molecule has 0 saturated heterocycles. The third-order valence-electron chi connectivity index (χ3n) is 6.55. The molecule has 2 aromatic heterocycles. The summed E-state index contributed by atoms with van der Waals surface area (Å²) in [6.45, 7) is 0.121. The average molecular weight is 540 g/mol. The molecule has 4 N–H and O–H groups in total. The second-order valence-electron chi connectivity index (χ2n) is 9.29. The van der Waals surface area contributed by atoms with Crippen LogP contribution in [0, 0.1) is 17.5 Å². The third kappa shape index (κ3) is 5.79. The fourth-order valence-electron chi connectivity index (χ4n) is 4.72. The summed E-state index contributed by atoms with van der Waals surface area (Å²) < 4.78 is 48.5. The summed E-state index contributed by atoms with van der Waals surface area (Å²) >= 11 is 0. The van der Waals surface area contributed by atoms with Crippen LogP contribution in [0.1, 0.15) is 41.7 Å². The molecule has 0 bridgehead atoms. The largest absolute Gasteiger partial charge is 0.476 e. The van der Waals surface area contributed by atoms with Gasteiger partial charge in [0.2, 0.25) is 0 Å². The van der Waals surface area contributed by atoms with Crippen LogP contribution in [0.4, 0.5) is 23.8 Å². The average Bonchev–Trinajstić information content (AvgIpc) is 3.33. The van der Waals surface area contributed by atoms with E-state index in [4.69, 9.17) is 4.74 Å². The third-order valence-corrected chi connectivity index (χ3v) is 6.55. The fraction of sp³-hybridized carbons (Fsp3) is 0.259. The molecule has 5 rings (SSSR count). The maximum atomic E-state index is 15.1. The van der Waals surface area contributed by atoms with E-state index in [-0.39, 0.29) is 46.8 Å². The Morgan fingerprint density at radius 1 is 1.08 bits per heavy atom. The van der Waals surface area contributed by atoms with Crippen molar-refractivity contribution >= 4 is 28.8 Å². The number of aromatic nitrogens is 3. The summed E-state index contributed by atoms with van der Waals surface area (Å²) in [7, 11) is 0. The summed E-state index contributed by atoms with van der Waals surface area (Å²) in [5, 5.41) is 15.4. The van der Waals surface area contributed by atoms with Gasteiger partial charge in [0.25, 0.3) is 0 Å². The Kier molecular flexibility index (Phi) is 7.35. The van der Waals surface area contributed by atoms with Crippen molar-refractivity contribution in [1.29, 1.82) is 0 Å². The van der Waals surface area contributed by atoms with Gasteiger partial charge in [-0.05, 0) is 37.3 Å². The first kappa shape index (κ1) is 26.0. The number of hydrogen-bond acceptors (Lipinski definition) is 6. The molecule has 2 heterocycles. The predicted molar refractivity (Wildman–Crippen MR) is 136 cm³/mol. The van der Waals surface area contributed by atoms with E-state index in [1.54, 1.807) is 0 Å². The molecule has 0 aliphatic heterocycles. The van der Waals surface area contributed by atoms with E-state index in [2.05, 4.69) is 25.6 Å². The van der Waals surface area contributed by atoms with E-state index >= 15 is 4.39 Å². The van der Waals surface area contributed by atoms with Crippen molar-refractivity contribution in [2.75, 3.05) is 5.32 Å². The molecular formula is C27H24F3N5O4. The number of amides is 1. The SMILES string of the molecule is O=C(N[C@H]1CCC[C@@H](Nc2nc(-c3c[nH]c4c(F)cc(F)cc34)nc(C(=O)O)c2F)C1)OCc1ccccc1. The maximum Gasteiger partial charge on any atom is 0.407 e. The van der Waals surface area contributed by atoms with Crippen molar-refractivity contribution in [3.8, 4) is 11.4 Å². The summed E-state index contributed by atoms with van der Waals surface area (Å²) in [5.74, 6) is -5.06. The number of alkyl carbamates (subject to hydrolysis) is 1. The molecule has 202 valence electrons. The van der Waals surface area contributed by atoms with Gasteiger partial charge in [-0.1, -0.05) is 30.3 Å². The lowest BCUT2D eigenvalue weighted by Crippen LogP contribution is -2.42. The van der Waals surface area contributed by atoms with Gasteiger partial charge >= 0.3 is 12.1 Å². The Balaban J connectivity index is 1.33. The normalized spacial score (nSPS) is 17.1. The van der Waals surface area contributed by atoms with Gasteiger partial charge in [-0.3, -0.25) is 0 Å². The molecule has 0 radical (unpaired) electrons. The zero-order valence-electron chi connectivity index (χ0n) is 20.5. The molecule has 0 spiro atoms. The van der Waals surface area contributed by atoms with Crippen LogP contribution in [0.15, 0.2) is 48.7 Å². The fourth-order valence-corrected chi connectivity index (χ4v) is 4.72. The Hall–Kier alpha value is -4.61. The van der Waals surface area contributed by atoms with Gasteiger partial charge in [0.15, 0.2) is 23.2 Å². The number of carbonyl (C=O) groups excluding carboxylic acids is 1. The summed E-state index contributed by atoms with van der Waals surface area (Å²) in [6, 6.07) is 10.4. The summed E-state index contributed by atoms with van der Waals surface area (Å²) in [4.78, 5) is 34.7. The number of carbonyl (C=O) groups is 2. The quantitative estimate of drug-likeness (QED) is 0.248. The van der Waals surface area contributed by atoms with E-state index in [1.165, 1.54) is 6.20 Å². The van der Waals surface area contributed by atoms with Gasteiger partial charge in [-0.15, -0.1) is 0 Å². The minimum Gasteiger partial charge on any atom is -0.476 e. The molecule has 1 fully saturated rings. The molecule has 1 aliphatic carbocycles. The lowest BCUT2D eigenvalue weighted by atomic mass is 9.91. The molecule has 12 heteroatoms. The monoisotopic (exact) mass is 539 g/mol. The number of nitrogens with zero attached hydrogens (tertiary/aromatic N) is 2. The number of nitrogens with one attached hydrogen (secondary N) is 3. The Morgan fingerprint density at radius 3 is 2.62 bits per heavy atom. The molecule has 2 atom stereocenters. The van der Waals surface area contributed by atoms with Gasteiger partial charge in [0.05, 0.1) is 5.52 Å². The number of ether oxygens (including phenoxy) is 1. The van der Waals surface area contributed by atoms with E-state index < -0.39 is 35.2 Å². The second kappa shape index (κ2) is 11.0. The first-order chi connectivity index (χ1) is 18.8. The van der Waals surface area contributed by atoms with Crippen molar-refractivity contribution < 1.29 is 32.6 Å². The lowest BCUT2D eigenvalue weighted by Gasteiger charge is -2.30. The smallest absolute Gasteiger partial charge is 0.407 e. The van der Waals surface area contributed by atoms with Gasteiger partial charge < -0.3 is 25.5 Å². The highest BCUT2D eigenvalue weighted by Gasteiger charge is 2.28. The summed E-state index contributed by atoms with van der Waals surface area (Å²) in [6.07, 6.45) is 3.13. The Labute approximate surface area is 220 Å². The standard InChI is InChI=1S/C27H24F3N5O4/c28-15-9-18-19(12-31-22(18)20(29)10-15)24-34-23(26(36)37)21(30)25(35-24)32-16-7-4-8-17(11-16)33-27(38)39-13-14-5-2-1-3-6-14/h1-3,5-6,9-10,12,16-17,31H,4,7-8,11,13H2,(H,33,38)(H,36,37)(H,32,34,35)/t16-,17+/m1/s1. The zero-order valence-corrected chi connectivity index (χ0v) is 20.5. The van der Waals surface area contributed by atoms with Gasteiger partial charge in [0.1, 0.15) is 18.2 Å². The van der Waals surface area contributed by atoms with Crippen molar-refractivity contribution in [2.45, 2.75) is 44.4 Å². The van der Waals surface area contributed by atoms with Crippen LogP contribution < -0.4 is 10.6 Å². The van der Waals surface area contributed by atoms with Crippen LogP contribution in [0.3, 0.4) is 0 Å². The van der Waals surface area contributed by atoms with Crippen LogP contribution in [0.2, 0.25) is 0 Å². The van der Waals surface area contributed by atoms with Gasteiger partial charge in [-0.25, -0.2) is 32.7 Å². The molecule has 39 heavy (non-hydrogen) atoms. The molecule has 1 aliphatic rings. The predicted octanol–water partition coefficient (Wildman–Crippen LogP) is 5.39. The lowest BCUT2D eigenvalue weighted by molar-refractivity contribution is 0.0684. The Bertz CT molecular complexity index is 1530. The van der Waals surface area contributed by atoms with E-state index in [1.807, 2.05) is 30.3 Å². The summed E-state index contributed by atoms with van der Waals surface area (Å²) in [5.41, 5.74) is 0.0499. The van der Waals surface area contributed by atoms with Gasteiger partial charge in [0, 0.05) is 35.3 Å². The first-order valence-corrected chi connectivity index (χ1v) is 12.3. The van der Waals surface area contributed by atoms with Crippen molar-refractivity contribution in [1.82, 2.24) is 20.3 Å². The molecule has 1 saturated carbocycles. The number of carboxylic acids is 1. The number of carboxylic acid groups (broad SMARTS) is 1. The molecule has 0 unspecified atom stereocenters. The number of fused-ring (bicyclic) bond motifs is 1.